The standard InChI is InChI=1S/C14H26N2O4/c1-5-19-12(17)9-11-10(7-6-8-15-11)16-13(18)20-14(2,3)4/h10-11,15H,5-9H2,1-4H3,(H,16,18)/t10-,11+/m0/s1. The number of rotatable bonds is 4. The Morgan fingerprint density at radius 2 is 2.05 bits per heavy atom. The van der Waals surface area contributed by atoms with Crippen molar-refractivity contribution in [3.8, 4) is 0 Å². The zero-order valence-electron chi connectivity index (χ0n) is 12.8. The van der Waals surface area contributed by atoms with Crippen molar-refractivity contribution in [2.24, 2.45) is 0 Å². The van der Waals surface area contributed by atoms with E-state index in [2.05, 4.69) is 10.6 Å². The molecule has 116 valence electrons. The first kappa shape index (κ1) is 16.8. The molecule has 20 heavy (non-hydrogen) atoms. The number of hydrogen-bond donors (Lipinski definition) is 2. The third-order valence-electron chi connectivity index (χ3n) is 2.98. The van der Waals surface area contributed by atoms with Gasteiger partial charge in [-0.05, 0) is 47.1 Å². The summed E-state index contributed by atoms with van der Waals surface area (Å²) in [4.78, 5) is 23.4. The summed E-state index contributed by atoms with van der Waals surface area (Å²) in [6.45, 7) is 8.46. The van der Waals surface area contributed by atoms with Gasteiger partial charge in [-0.2, -0.15) is 0 Å². The molecule has 1 saturated heterocycles. The van der Waals surface area contributed by atoms with Gasteiger partial charge in [0.2, 0.25) is 0 Å². The van der Waals surface area contributed by atoms with E-state index in [9.17, 15) is 9.59 Å². The van der Waals surface area contributed by atoms with Crippen LogP contribution in [0.5, 0.6) is 0 Å². The summed E-state index contributed by atoms with van der Waals surface area (Å²) >= 11 is 0. The fraction of sp³-hybridized carbons (Fsp3) is 0.857. The van der Waals surface area contributed by atoms with Crippen LogP contribution in [0.15, 0.2) is 0 Å². The number of nitrogens with one attached hydrogen (secondary N) is 2. The molecule has 0 aromatic heterocycles. The maximum Gasteiger partial charge on any atom is 0.407 e. The minimum Gasteiger partial charge on any atom is -0.466 e. The summed E-state index contributed by atoms with van der Waals surface area (Å²) in [5.41, 5.74) is -0.525. The van der Waals surface area contributed by atoms with E-state index >= 15 is 0 Å². The second-order valence-electron chi connectivity index (χ2n) is 5.96. The molecule has 6 heteroatoms. The third-order valence-corrected chi connectivity index (χ3v) is 2.98. The molecule has 0 bridgehead atoms. The largest absolute Gasteiger partial charge is 0.466 e. The van der Waals surface area contributed by atoms with Gasteiger partial charge in [0.25, 0.3) is 0 Å². The Labute approximate surface area is 120 Å². The Morgan fingerprint density at radius 1 is 1.35 bits per heavy atom. The molecular formula is C14H26N2O4. The topological polar surface area (TPSA) is 76.7 Å². The fourth-order valence-electron chi connectivity index (χ4n) is 2.20. The second kappa shape index (κ2) is 7.47. The van der Waals surface area contributed by atoms with E-state index < -0.39 is 11.7 Å². The van der Waals surface area contributed by atoms with Crippen molar-refractivity contribution in [1.82, 2.24) is 10.6 Å². The fourth-order valence-corrected chi connectivity index (χ4v) is 2.20. The minimum absolute atomic E-state index is 0.102. The summed E-state index contributed by atoms with van der Waals surface area (Å²) in [7, 11) is 0. The lowest BCUT2D eigenvalue weighted by molar-refractivity contribution is -0.144. The van der Waals surface area contributed by atoms with Crippen LogP contribution in [-0.2, 0) is 14.3 Å². The van der Waals surface area contributed by atoms with Crippen LogP contribution in [0.3, 0.4) is 0 Å². The highest BCUT2D eigenvalue weighted by atomic mass is 16.6. The Morgan fingerprint density at radius 3 is 2.65 bits per heavy atom. The van der Waals surface area contributed by atoms with Crippen LogP contribution in [0.1, 0.15) is 47.0 Å². The van der Waals surface area contributed by atoms with Gasteiger partial charge in [-0.3, -0.25) is 4.79 Å². The molecule has 0 aromatic carbocycles. The highest BCUT2D eigenvalue weighted by molar-refractivity contribution is 5.71. The maximum atomic E-state index is 11.8. The molecule has 2 atom stereocenters. The molecule has 0 aliphatic carbocycles. The average Bonchev–Trinajstić information content (AvgIpc) is 2.29. The second-order valence-corrected chi connectivity index (χ2v) is 5.96. The predicted octanol–water partition coefficient (Wildman–Crippen LogP) is 1.58. The highest BCUT2D eigenvalue weighted by Crippen LogP contribution is 2.14. The van der Waals surface area contributed by atoms with Crippen molar-refractivity contribution in [3.63, 3.8) is 0 Å². The number of carbonyl (C=O) groups is 2. The lowest BCUT2D eigenvalue weighted by Crippen LogP contribution is -2.55. The average molecular weight is 286 g/mol. The van der Waals surface area contributed by atoms with Crippen molar-refractivity contribution in [3.05, 3.63) is 0 Å². The van der Waals surface area contributed by atoms with Crippen LogP contribution in [0, 0.1) is 0 Å². The van der Waals surface area contributed by atoms with Crippen LogP contribution in [0.4, 0.5) is 4.79 Å². The molecule has 0 spiro atoms. The van der Waals surface area contributed by atoms with Gasteiger partial charge in [-0.25, -0.2) is 4.79 Å². The molecule has 1 heterocycles. The lowest BCUT2D eigenvalue weighted by Gasteiger charge is -2.33. The van der Waals surface area contributed by atoms with Gasteiger partial charge in [0.15, 0.2) is 0 Å². The van der Waals surface area contributed by atoms with Crippen molar-refractivity contribution < 1.29 is 19.1 Å². The molecule has 1 aliphatic rings. The number of ether oxygens (including phenoxy) is 2. The monoisotopic (exact) mass is 286 g/mol. The summed E-state index contributed by atoms with van der Waals surface area (Å²) in [6, 6.07) is -0.210. The number of hydrogen-bond acceptors (Lipinski definition) is 5. The van der Waals surface area contributed by atoms with E-state index in [1.807, 2.05) is 20.8 Å². The normalized spacial score (nSPS) is 23.0. The van der Waals surface area contributed by atoms with E-state index in [1.54, 1.807) is 6.92 Å². The third kappa shape index (κ3) is 6.23. The number of amides is 1. The van der Waals surface area contributed by atoms with Gasteiger partial charge in [-0.1, -0.05) is 0 Å². The zero-order chi connectivity index (χ0) is 15.2. The molecule has 0 aromatic rings. The summed E-state index contributed by atoms with van der Waals surface area (Å²) in [6.07, 6.45) is 1.60. The van der Waals surface area contributed by atoms with Gasteiger partial charge in [-0.15, -0.1) is 0 Å². The van der Waals surface area contributed by atoms with Gasteiger partial charge < -0.3 is 20.1 Å². The van der Waals surface area contributed by atoms with Crippen LogP contribution in [0.25, 0.3) is 0 Å². The molecule has 1 amide bonds. The van der Waals surface area contributed by atoms with Crippen LogP contribution in [-0.4, -0.2) is 42.9 Å². The molecule has 0 radical (unpaired) electrons. The van der Waals surface area contributed by atoms with Gasteiger partial charge in [0, 0.05) is 12.1 Å². The molecule has 0 unspecified atom stereocenters. The SMILES string of the molecule is CCOC(=O)C[C@H]1NCCC[C@@H]1NC(=O)OC(C)(C)C. The van der Waals surface area contributed by atoms with Crippen LogP contribution < -0.4 is 10.6 Å². The summed E-state index contributed by atoms with van der Waals surface area (Å²) in [5, 5.41) is 6.10. The van der Waals surface area contributed by atoms with Crippen molar-refractivity contribution in [1.29, 1.82) is 0 Å². The summed E-state index contributed by atoms with van der Waals surface area (Å²) in [5.74, 6) is -0.247. The predicted molar refractivity (Wildman–Crippen MR) is 75.4 cm³/mol. The molecule has 2 N–H and O–H groups in total. The molecule has 1 aliphatic heterocycles. The van der Waals surface area contributed by atoms with Crippen LogP contribution in [0.2, 0.25) is 0 Å². The Balaban J connectivity index is 2.51. The van der Waals surface area contributed by atoms with E-state index in [4.69, 9.17) is 9.47 Å². The quantitative estimate of drug-likeness (QED) is 0.767. The Hall–Kier alpha value is -1.30. The molecule has 6 nitrogen and oxygen atoms in total. The first-order valence-electron chi connectivity index (χ1n) is 7.20. The van der Waals surface area contributed by atoms with Gasteiger partial charge in [0.1, 0.15) is 5.60 Å². The summed E-state index contributed by atoms with van der Waals surface area (Å²) < 4.78 is 10.2. The first-order valence-corrected chi connectivity index (χ1v) is 7.20. The van der Waals surface area contributed by atoms with E-state index in [0.717, 1.165) is 19.4 Å². The maximum absolute atomic E-state index is 11.8. The Bertz CT molecular complexity index is 339. The first-order chi connectivity index (χ1) is 9.31. The van der Waals surface area contributed by atoms with E-state index in [0.29, 0.717) is 6.61 Å². The lowest BCUT2D eigenvalue weighted by atomic mass is 9.96. The number of esters is 1. The molecular weight excluding hydrogens is 260 g/mol. The zero-order valence-corrected chi connectivity index (χ0v) is 12.8. The smallest absolute Gasteiger partial charge is 0.407 e. The van der Waals surface area contributed by atoms with E-state index in [1.165, 1.54) is 0 Å². The van der Waals surface area contributed by atoms with Gasteiger partial charge >= 0.3 is 12.1 Å². The molecule has 0 saturated carbocycles. The van der Waals surface area contributed by atoms with Crippen molar-refractivity contribution in [2.75, 3.05) is 13.2 Å². The Kier molecular flexibility index (Phi) is 6.26. The molecule has 1 fully saturated rings. The number of piperidine rings is 1. The molecule has 1 rings (SSSR count). The minimum atomic E-state index is -0.525. The van der Waals surface area contributed by atoms with Crippen molar-refractivity contribution >= 4 is 12.1 Å². The van der Waals surface area contributed by atoms with Crippen molar-refractivity contribution in [2.45, 2.75) is 64.6 Å². The van der Waals surface area contributed by atoms with Gasteiger partial charge in [0.05, 0.1) is 13.0 Å². The number of alkyl carbamates (subject to hydrolysis) is 1. The number of carbonyl (C=O) groups excluding carboxylic acids is 2. The van der Waals surface area contributed by atoms with E-state index in [-0.39, 0.29) is 24.5 Å². The highest BCUT2D eigenvalue weighted by Gasteiger charge is 2.29. The van der Waals surface area contributed by atoms with Crippen LogP contribution >= 0.6 is 0 Å².